The summed E-state index contributed by atoms with van der Waals surface area (Å²) in [6.07, 6.45) is 0. The Morgan fingerprint density at radius 1 is 1.03 bits per heavy atom. The fraction of sp³-hybridized carbons (Fsp3) is 0.333. The second-order valence-corrected chi connectivity index (χ2v) is 6.27. The summed E-state index contributed by atoms with van der Waals surface area (Å²) in [5.41, 5.74) is 8.19. The SMILES string of the molecule is CCOc1ccc(C(N)c2n[nH]c(CNc3ccc(OC)cc3)n2)cc1OCC. The Labute approximate surface area is 170 Å². The molecular weight excluding hydrogens is 370 g/mol. The van der Waals surface area contributed by atoms with Crippen molar-refractivity contribution in [3.8, 4) is 17.2 Å². The van der Waals surface area contributed by atoms with Gasteiger partial charge in [-0.25, -0.2) is 4.98 Å². The van der Waals surface area contributed by atoms with Crippen LogP contribution in [0.2, 0.25) is 0 Å². The predicted molar refractivity (Wildman–Crippen MR) is 112 cm³/mol. The molecule has 0 aliphatic rings. The van der Waals surface area contributed by atoms with Gasteiger partial charge in [0.05, 0.1) is 32.9 Å². The van der Waals surface area contributed by atoms with E-state index in [9.17, 15) is 0 Å². The zero-order valence-electron chi connectivity index (χ0n) is 16.9. The summed E-state index contributed by atoms with van der Waals surface area (Å²) in [6.45, 7) is 5.47. The van der Waals surface area contributed by atoms with Crippen LogP contribution in [0.4, 0.5) is 5.69 Å². The van der Waals surface area contributed by atoms with E-state index in [0.29, 0.717) is 42.9 Å². The molecule has 3 aromatic rings. The number of H-pyrrole nitrogens is 1. The van der Waals surface area contributed by atoms with Crippen LogP contribution in [-0.2, 0) is 6.54 Å². The number of aromatic nitrogens is 3. The molecule has 8 nitrogen and oxygen atoms in total. The molecule has 0 spiro atoms. The van der Waals surface area contributed by atoms with Crippen molar-refractivity contribution in [2.45, 2.75) is 26.4 Å². The summed E-state index contributed by atoms with van der Waals surface area (Å²) in [5, 5.41) is 10.5. The zero-order chi connectivity index (χ0) is 20.6. The quantitative estimate of drug-likeness (QED) is 0.482. The largest absolute Gasteiger partial charge is 0.497 e. The number of methoxy groups -OCH3 is 1. The third-order valence-electron chi connectivity index (χ3n) is 4.30. The molecule has 1 unspecified atom stereocenters. The van der Waals surface area contributed by atoms with Gasteiger partial charge < -0.3 is 25.3 Å². The summed E-state index contributed by atoms with van der Waals surface area (Å²) in [5.74, 6) is 3.39. The van der Waals surface area contributed by atoms with Crippen molar-refractivity contribution in [1.82, 2.24) is 15.2 Å². The lowest BCUT2D eigenvalue weighted by Gasteiger charge is -2.14. The number of benzene rings is 2. The van der Waals surface area contributed by atoms with Crippen molar-refractivity contribution in [2.24, 2.45) is 5.73 Å². The summed E-state index contributed by atoms with van der Waals surface area (Å²) >= 11 is 0. The van der Waals surface area contributed by atoms with Crippen LogP contribution in [0.5, 0.6) is 17.2 Å². The first-order valence-electron chi connectivity index (χ1n) is 9.58. The van der Waals surface area contributed by atoms with E-state index in [1.807, 2.05) is 56.3 Å². The van der Waals surface area contributed by atoms with E-state index in [2.05, 4.69) is 20.5 Å². The van der Waals surface area contributed by atoms with E-state index in [0.717, 1.165) is 17.0 Å². The number of hydrogen-bond donors (Lipinski definition) is 3. The molecule has 4 N–H and O–H groups in total. The summed E-state index contributed by atoms with van der Waals surface area (Å²) in [4.78, 5) is 4.52. The maximum atomic E-state index is 6.38. The highest BCUT2D eigenvalue weighted by Gasteiger charge is 2.17. The van der Waals surface area contributed by atoms with Gasteiger partial charge in [0.2, 0.25) is 0 Å². The van der Waals surface area contributed by atoms with Crippen LogP contribution in [0.15, 0.2) is 42.5 Å². The van der Waals surface area contributed by atoms with Crippen molar-refractivity contribution in [2.75, 3.05) is 25.6 Å². The number of nitrogens with two attached hydrogens (primary N) is 1. The highest BCUT2D eigenvalue weighted by Crippen LogP contribution is 2.31. The van der Waals surface area contributed by atoms with Gasteiger partial charge in [0.1, 0.15) is 11.6 Å². The van der Waals surface area contributed by atoms with E-state index in [-0.39, 0.29) is 0 Å². The maximum absolute atomic E-state index is 6.38. The topological polar surface area (TPSA) is 107 Å². The Kier molecular flexibility index (Phi) is 6.91. The molecule has 0 saturated heterocycles. The standard InChI is InChI=1S/C21H27N5O3/c1-4-28-17-11-6-14(12-18(17)29-5-2)20(22)21-24-19(25-26-21)13-23-15-7-9-16(27-3)10-8-15/h6-12,20,23H,4-5,13,22H2,1-3H3,(H,24,25,26). The molecule has 29 heavy (non-hydrogen) atoms. The minimum Gasteiger partial charge on any atom is -0.497 e. The molecular formula is C21H27N5O3. The molecule has 0 amide bonds. The van der Waals surface area contributed by atoms with Gasteiger partial charge in [-0.05, 0) is 55.8 Å². The second kappa shape index (κ2) is 9.79. The normalized spacial score (nSPS) is 11.7. The van der Waals surface area contributed by atoms with E-state index in [4.69, 9.17) is 19.9 Å². The number of nitrogens with zero attached hydrogens (tertiary/aromatic N) is 2. The second-order valence-electron chi connectivity index (χ2n) is 6.27. The first kappa shape index (κ1) is 20.5. The average molecular weight is 397 g/mol. The van der Waals surface area contributed by atoms with Crippen LogP contribution in [0.3, 0.4) is 0 Å². The van der Waals surface area contributed by atoms with Gasteiger partial charge in [-0.2, -0.15) is 5.10 Å². The molecule has 0 radical (unpaired) electrons. The molecule has 0 bridgehead atoms. The predicted octanol–water partition coefficient (Wildman–Crippen LogP) is 3.27. The Hall–Kier alpha value is -3.26. The molecule has 0 aliphatic heterocycles. The first-order chi connectivity index (χ1) is 14.1. The molecule has 154 valence electrons. The Morgan fingerprint density at radius 3 is 2.45 bits per heavy atom. The molecule has 1 heterocycles. The third kappa shape index (κ3) is 5.17. The van der Waals surface area contributed by atoms with Gasteiger partial charge in [0.25, 0.3) is 0 Å². The Morgan fingerprint density at radius 2 is 1.76 bits per heavy atom. The van der Waals surface area contributed by atoms with Gasteiger partial charge in [-0.1, -0.05) is 6.07 Å². The van der Waals surface area contributed by atoms with Gasteiger partial charge in [-0.15, -0.1) is 0 Å². The monoisotopic (exact) mass is 397 g/mol. The number of ether oxygens (including phenoxy) is 3. The zero-order valence-corrected chi connectivity index (χ0v) is 16.9. The molecule has 0 fully saturated rings. The average Bonchev–Trinajstić information content (AvgIpc) is 3.23. The van der Waals surface area contributed by atoms with Crippen LogP contribution in [0.25, 0.3) is 0 Å². The van der Waals surface area contributed by atoms with Crippen molar-refractivity contribution in [3.05, 3.63) is 59.7 Å². The van der Waals surface area contributed by atoms with Gasteiger partial charge in [0.15, 0.2) is 17.3 Å². The molecule has 1 aromatic heterocycles. The third-order valence-corrected chi connectivity index (χ3v) is 4.30. The van der Waals surface area contributed by atoms with Crippen LogP contribution in [0.1, 0.15) is 37.1 Å². The number of rotatable bonds is 10. The lowest BCUT2D eigenvalue weighted by atomic mass is 10.1. The van der Waals surface area contributed by atoms with E-state index in [1.54, 1.807) is 7.11 Å². The van der Waals surface area contributed by atoms with Gasteiger partial charge in [0, 0.05) is 5.69 Å². The molecule has 2 aromatic carbocycles. The van der Waals surface area contributed by atoms with Crippen LogP contribution in [-0.4, -0.2) is 35.5 Å². The molecule has 3 rings (SSSR count). The van der Waals surface area contributed by atoms with Crippen molar-refractivity contribution in [3.63, 3.8) is 0 Å². The summed E-state index contributed by atoms with van der Waals surface area (Å²) < 4.78 is 16.4. The Balaban J connectivity index is 1.68. The lowest BCUT2D eigenvalue weighted by molar-refractivity contribution is 0.287. The summed E-state index contributed by atoms with van der Waals surface area (Å²) in [7, 11) is 1.64. The van der Waals surface area contributed by atoms with Crippen LogP contribution >= 0.6 is 0 Å². The number of nitrogens with one attached hydrogen (secondary N) is 2. The fourth-order valence-corrected chi connectivity index (χ4v) is 2.83. The number of aromatic amines is 1. The van der Waals surface area contributed by atoms with Gasteiger partial charge >= 0.3 is 0 Å². The highest BCUT2D eigenvalue weighted by atomic mass is 16.5. The molecule has 1 atom stereocenters. The van der Waals surface area contributed by atoms with Crippen molar-refractivity contribution >= 4 is 5.69 Å². The maximum Gasteiger partial charge on any atom is 0.171 e. The molecule has 0 aliphatic carbocycles. The first-order valence-corrected chi connectivity index (χ1v) is 9.58. The highest BCUT2D eigenvalue weighted by molar-refractivity contribution is 5.46. The lowest BCUT2D eigenvalue weighted by Crippen LogP contribution is -2.14. The molecule has 8 heteroatoms. The smallest absolute Gasteiger partial charge is 0.171 e. The Bertz CT molecular complexity index is 911. The van der Waals surface area contributed by atoms with Gasteiger partial charge in [-0.3, -0.25) is 5.10 Å². The van der Waals surface area contributed by atoms with Crippen LogP contribution in [0, 0.1) is 0 Å². The van der Waals surface area contributed by atoms with Crippen molar-refractivity contribution in [1.29, 1.82) is 0 Å². The van der Waals surface area contributed by atoms with E-state index in [1.165, 1.54) is 0 Å². The van der Waals surface area contributed by atoms with E-state index < -0.39 is 6.04 Å². The van der Waals surface area contributed by atoms with Crippen LogP contribution < -0.4 is 25.3 Å². The summed E-state index contributed by atoms with van der Waals surface area (Å²) in [6, 6.07) is 12.8. The fourth-order valence-electron chi connectivity index (χ4n) is 2.83. The van der Waals surface area contributed by atoms with Crippen molar-refractivity contribution < 1.29 is 14.2 Å². The molecule has 0 saturated carbocycles. The minimum absolute atomic E-state index is 0.476. The number of hydrogen-bond acceptors (Lipinski definition) is 7. The minimum atomic E-state index is -0.476. The number of anilines is 1. The van der Waals surface area contributed by atoms with E-state index >= 15 is 0 Å².